The molecule has 1 unspecified atom stereocenters. The summed E-state index contributed by atoms with van der Waals surface area (Å²) in [4.78, 5) is 22.4. The molecule has 0 bridgehead atoms. The van der Waals surface area contributed by atoms with Crippen molar-refractivity contribution >= 4 is 11.9 Å². The van der Waals surface area contributed by atoms with Crippen molar-refractivity contribution in [1.82, 2.24) is 5.32 Å². The molecule has 0 aromatic heterocycles. The van der Waals surface area contributed by atoms with Gasteiger partial charge in [-0.15, -0.1) is 0 Å². The van der Waals surface area contributed by atoms with Gasteiger partial charge in [0.2, 0.25) is 5.91 Å². The Kier molecular flexibility index (Phi) is 3.45. The summed E-state index contributed by atoms with van der Waals surface area (Å²) in [5.41, 5.74) is -0.926. The summed E-state index contributed by atoms with van der Waals surface area (Å²) in [5, 5.41) is 11.6. The lowest BCUT2D eigenvalue weighted by Crippen LogP contribution is -2.49. The fraction of sp³-hybridized carbons (Fsp3) is 0.167. The Morgan fingerprint density at radius 2 is 1.94 bits per heavy atom. The van der Waals surface area contributed by atoms with Crippen LogP contribution in [-0.2, 0) is 15.1 Å². The first-order valence-corrected chi connectivity index (χ1v) is 4.74. The first kappa shape index (κ1) is 12.0. The van der Waals surface area contributed by atoms with E-state index in [0.717, 1.165) is 6.08 Å². The van der Waals surface area contributed by atoms with Crippen LogP contribution in [0.25, 0.3) is 0 Å². The third-order valence-electron chi connectivity index (χ3n) is 2.34. The lowest BCUT2D eigenvalue weighted by atomic mass is 9.92. The zero-order chi connectivity index (χ0) is 12.2. The molecule has 84 valence electrons. The molecule has 0 spiro atoms. The second-order valence-electron chi connectivity index (χ2n) is 3.49. The van der Waals surface area contributed by atoms with E-state index in [1.807, 2.05) is 0 Å². The monoisotopic (exact) mass is 219 g/mol. The van der Waals surface area contributed by atoms with Crippen molar-refractivity contribution in [2.24, 2.45) is 0 Å². The van der Waals surface area contributed by atoms with Gasteiger partial charge in [-0.1, -0.05) is 36.9 Å². The Hall–Kier alpha value is -2.10. The molecule has 0 heterocycles. The number of carboxylic acids is 1. The third kappa shape index (κ3) is 2.28. The van der Waals surface area contributed by atoms with Crippen LogP contribution in [0.15, 0.2) is 43.0 Å². The molecule has 0 aliphatic heterocycles. The Bertz CT molecular complexity index is 414. The van der Waals surface area contributed by atoms with Crippen LogP contribution in [-0.4, -0.2) is 17.0 Å². The van der Waals surface area contributed by atoms with Crippen LogP contribution in [0.5, 0.6) is 0 Å². The summed E-state index contributed by atoms with van der Waals surface area (Å²) in [6.07, 6.45) is 1.05. The first-order chi connectivity index (χ1) is 7.50. The SMILES string of the molecule is C=CC(=O)NC(C)(C(=O)O)c1ccccc1. The van der Waals surface area contributed by atoms with E-state index in [9.17, 15) is 14.7 Å². The van der Waals surface area contributed by atoms with Crippen LogP contribution in [0, 0.1) is 0 Å². The summed E-state index contributed by atoms with van der Waals surface area (Å²) in [6.45, 7) is 4.73. The van der Waals surface area contributed by atoms with E-state index in [-0.39, 0.29) is 0 Å². The van der Waals surface area contributed by atoms with E-state index in [0.29, 0.717) is 5.56 Å². The molecule has 1 rings (SSSR count). The predicted octanol–water partition coefficient (Wildman–Crippen LogP) is 1.29. The molecule has 2 N–H and O–H groups in total. The molecular weight excluding hydrogens is 206 g/mol. The zero-order valence-corrected chi connectivity index (χ0v) is 8.93. The number of hydrogen-bond donors (Lipinski definition) is 2. The topological polar surface area (TPSA) is 66.4 Å². The fourth-order valence-corrected chi connectivity index (χ4v) is 1.32. The van der Waals surface area contributed by atoms with E-state index in [4.69, 9.17) is 0 Å². The molecule has 0 radical (unpaired) electrons. The second kappa shape index (κ2) is 4.61. The minimum absolute atomic E-state index is 0.512. The highest BCUT2D eigenvalue weighted by Gasteiger charge is 2.36. The van der Waals surface area contributed by atoms with Gasteiger partial charge in [-0.2, -0.15) is 0 Å². The van der Waals surface area contributed by atoms with Crippen molar-refractivity contribution in [3.8, 4) is 0 Å². The summed E-state index contributed by atoms with van der Waals surface area (Å²) in [6, 6.07) is 8.52. The average molecular weight is 219 g/mol. The number of nitrogens with one attached hydrogen (secondary N) is 1. The number of benzene rings is 1. The average Bonchev–Trinajstić information content (AvgIpc) is 2.29. The quantitative estimate of drug-likeness (QED) is 0.750. The maximum absolute atomic E-state index is 11.2. The standard InChI is InChI=1S/C12H13NO3/c1-3-10(14)13-12(2,11(15)16)9-7-5-4-6-8-9/h3-8H,1H2,2H3,(H,13,14)(H,15,16). The summed E-state index contributed by atoms with van der Waals surface area (Å²) >= 11 is 0. The minimum atomic E-state index is -1.44. The molecular formula is C12H13NO3. The van der Waals surface area contributed by atoms with Crippen molar-refractivity contribution < 1.29 is 14.7 Å². The number of hydrogen-bond acceptors (Lipinski definition) is 2. The number of aliphatic carboxylic acids is 1. The van der Waals surface area contributed by atoms with Gasteiger partial charge in [0.15, 0.2) is 5.54 Å². The van der Waals surface area contributed by atoms with Gasteiger partial charge < -0.3 is 10.4 Å². The maximum Gasteiger partial charge on any atom is 0.333 e. The molecule has 0 saturated carbocycles. The summed E-state index contributed by atoms with van der Waals surface area (Å²) in [7, 11) is 0. The van der Waals surface area contributed by atoms with Crippen LogP contribution >= 0.6 is 0 Å². The minimum Gasteiger partial charge on any atom is -0.479 e. The first-order valence-electron chi connectivity index (χ1n) is 4.74. The highest BCUT2D eigenvalue weighted by atomic mass is 16.4. The van der Waals surface area contributed by atoms with Crippen LogP contribution in [0.4, 0.5) is 0 Å². The molecule has 4 heteroatoms. The lowest BCUT2D eigenvalue weighted by molar-refractivity contribution is -0.146. The van der Waals surface area contributed by atoms with E-state index in [2.05, 4.69) is 11.9 Å². The van der Waals surface area contributed by atoms with Gasteiger partial charge in [-0.05, 0) is 18.6 Å². The van der Waals surface area contributed by atoms with Crippen molar-refractivity contribution in [1.29, 1.82) is 0 Å². The van der Waals surface area contributed by atoms with Gasteiger partial charge in [0.05, 0.1) is 0 Å². The molecule has 1 aromatic rings. The Morgan fingerprint density at radius 1 is 1.38 bits per heavy atom. The van der Waals surface area contributed by atoms with E-state index < -0.39 is 17.4 Å². The smallest absolute Gasteiger partial charge is 0.333 e. The number of carbonyl (C=O) groups is 2. The third-order valence-corrected chi connectivity index (χ3v) is 2.34. The zero-order valence-electron chi connectivity index (χ0n) is 8.93. The second-order valence-corrected chi connectivity index (χ2v) is 3.49. The van der Waals surface area contributed by atoms with Crippen LogP contribution in [0.2, 0.25) is 0 Å². The van der Waals surface area contributed by atoms with Crippen LogP contribution in [0.3, 0.4) is 0 Å². The van der Waals surface area contributed by atoms with Crippen LogP contribution < -0.4 is 5.32 Å². The van der Waals surface area contributed by atoms with E-state index in [1.165, 1.54) is 6.92 Å². The molecule has 1 atom stereocenters. The molecule has 1 amide bonds. The summed E-state index contributed by atoms with van der Waals surface area (Å²) in [5.74, 6) is -1.64. The molecule has 4 nitrogen and oxygen atoms in total. The van der Waals surface area contributed by atoms with Gasteiger partial charge in [-0.25, -0.2) is 4.79 Å². The fourth-order valence-electron chi connectivity index (χ4n) is 1.32. The maximum atomic E-state index is 11.2. The van der Waals surface area contributed by atoms with Crippen molar-refractivity contribution in [3.63, 3.8) is 0 Å². The van der Waals surface area contributed by atoms with Gasteiger partial charge in [0, 0.05) is 0 Å². The van der Waals surface area contributed by atoms with Crippen LogP contribution in [0.1, 0.15) is 12.5 Å². The number of rotatable bonds is 4. The number of amides is 1. The Labute approximate surface area is 93.6 Å². The summed E-state index contributed by atoms with van der Waals surface area (Å²) < 4.78 is 0. The van der Waals surface area contributed by atoms with Gasteiger partial charge in [0.25, 0.3) is 0 Å². The Morgan fingerprint density at radius 3 is 2.38 bits per heavy atom. The lowest BCUT2D eigenvalue weighted by Gasteiger charge is -2.26. The number of carbonyl (C=O) groups excluding carboxylic acids is 1. The van der Waals surface area contributed by atoms with E-state index >= 15 is 0 Å². The predicted molar refractivity (Wildman–Crippen MR) is 59.8 cm³/mol. The molecule has 1 aromatic carbocycles. The highest BCUT2D eigenvalue weighted by Crippen LogP contribution is 2.20. The van der Waals surface area contributed by atoms with E-state index in [1.54, 1.807) is 30.3 Å². The van der Waals surface area contributed by atoms with Gasteiger partial charge >= 0.3 is 5.97 Å². The molecule has 0 fully saturated rings. The largest absolute Gasteiger partial charge is 0.479 e. The van der Waals surface area contributed by atoms with Gasteiger partial charge in [-0.3, -0.25) is 4.79 Å². The molecule has 0 saturated heterocycles. The Balaban J connectivity index is 3.12. The highest BCUT2D eigenvalue weighted by molar-refractivity contribution is 5.93. The molecule has 0 aliphatic rings. The normalized spacial score (nSPS) is 13.6. The van der Waals surface area contributed by atoms with Crippen molar-refractivity contribution in [3.05, 3.63) is 48.6 Å². The molecule has 16 heavy (non-hydrogen) atoms. The van der Waals surface area contributed by atoms with Crippen molar-refractivity contribution in [2.75, 3.05) is 0 Å². The van der Waals surface area contributed by atoms with Gasteiger partial charge in [0.1, 0.15) is 0 Å². The molecule has 0 aliphatic carbocycles. The van der Waals surface area contributed by atoms with Crippen molar-refractivity contribution in [2.45, 2.75) is 12.5 Å². The number of carboxylic acid groups (broad SMARTS) is 1.